The number of likely N-dealkylation sites (tertiary alicyclic amines) is 1. The standard InChI is InChI=1S/C21H24F2N8O/c1-2-24-21(32)30-20-17(22)16(27-12-28-20)11-31-9-5-13(6-10-31)14-3-4-15(29-18(14)23)19-25-7-8-26-19/h3-4,7-8,12-13H,2,5-6,9-11H2,1H3,(H,25,26)(H2,24,27,28,30,32). The molecule has 0 bridgehead atoms. The van der Waals surface area contributed by atoms with Crippen LogP contribution in [0.4, 0.5) is 19.4 Å². The zero-order chi connectivity index (χ0) is 22.5. The molecule has 2 amide bonds. The van der Waals surface area contributed by atoms with Gasteiger partial charge in [-0.3, -0.25) is 10.2 Å². The number of carbonyl (C=O) groups is 1. The number of urea groups is 1. The lowest BCUT2D eigenvalue weighted by Crippen LogP contribution is -2.34. The summed E-state index contributed by atoms with van der Waals surface area (Å²) < 4.78 is 29.4. The number of pyridine rings is 1. The van der Waals surface area contributed by atoms with Gasteiger partial charge in [0, 0.05) is 31.0 Å². The van der Waals surface area contributed by atoms with E-state index in [9.17, 15) is 13.6 Å². The topological polar surface area (TPSA) is 112 Å². The highest BCUT2D eigenvalue weighted by molar-refractivity contribution is 5.88. The Morgan fingerprint density at radius 3 is 2.72 bits per heavy atom. The lowest BCUT2D eigenvalue weighted by molar-refractivity contribution is 0.198. The van der Waals surface area contributed by atoms with E-state index in [1.165, 1.54) is 6.33 Å². The fraction of sp³-hybridized carbons (Fsp3) is 0.381. The number of piperidine rings is 1. The first-order valence-electron chi connectivity index (χ1n) is 10.5. The maximum absolute atomic E-state index is 14.7. The van der Waals surface area contributed by atoms with Crippen LogP contribution in [0.15, 0.2) is 30.9 Å². The first kappa shape index (κ1) is 21.8. The van der Waals surface area contributed by atoms with Crippen molar-refractivity contribution in [1.29, 1.82) is 0 Å². The molecule has 168 valence electrons. The third-order valence-electron chi connectivity index (χ3n) is 5.45. The Morgan fingerprint density at radius 2 is 2.03 bits per heavy atom. The first-order valence-corrected chi connectivity index (χ1v) is 10.5. The monoisotopic (exact) mass is 442 g/mol. The van der Waals surface area contributed by atoms with Gasteiger partial charge in [-0.1, -0.05) is 6.07 Å². The molecule has 9 nitrogen and oxygen atoms in total. The number of rotatable bonds is 6. The lowest BCUT2D eigenvalue weighted by atomic mass is 9.90. The molecule has 0 saturated carbocycles. The molecule has 4 heterocycles. The number of hydrogen-bond donors (Lipinski definition) is 3. The molecule has 32 heavy (non-hydrogen) atoms. The Kier molecular flexibility index (Phi) is 6.64. The molecule has 1 aliphatic heterocycles. The zero-order valence-electron chi connectivity index (χ0n) is 17.6. The summed E-state index contributed by atoms with van der Waals surface area (Å²) in [6.45, 7) is 3.78. The Hall–Kier alpha value is -3.47. The predicted molar refractivity (Wildman–Crippen MR) is 114 cm³/mol. The van der Waals surface area contributed by atoms with Gasteiger partial charge >= 0.3 is 6.03 Å². The highest BCUT2D eigenvalue weighted by Gasteiger charge is 2.25. The van der Waals surface area contributed by atoms with E-state index >= 15 is 0 Å². The van der Waals surface area contributed by atoms with Crippen LogP contribution in [-0.4, -0.2) is 55.5 Å². The second-order valence-corrected chi connectivity index (χ2v) is 7.53. The van der Waals surface area contributed by atoms with Crippen LogP contribution >= 0.6 is 0 Å². The number of aromatic nitrogens is 5. The van der Waals surface area contributed by atoms with Crippen molar-refractivity contribution in [3.8, 4) is 11.5 Å². The van der Waals surface area contributed by atoms with Crippen LogP contribution in [0.2, 0.25) is 0 Å². The molecule has 3 aromatic heterocycles. The van der Waals surface area contributed by atoms with Gasteiger partial charge in [-0.2, -0.15) is 4.39 Å². The van der Waals surface area contributed by atoms with Crippen molar-refractivity contribution < 1.29 is 13.6 Å². The average molecular weight is 442 g/mol. The second kappa shape index (κ2) is 9.77. The lowest BCUT2D eigenvalue weighted by Gasteiger charge is -2.32. The number of halogens is 2. The van der Waals surface area contributed by atoms with Crippen molar-refractivity contribution in [2.24, 2.45) is 0 Å². The number of aromatic amines is 1. The molecule has 1 saturated heterocycles. The molecule has 3 aromatic rings. The largest absolute Gasteiger partial charge is 0.343 e. The van der Waals surface area contributed by atoms with Gasteiger partial charge in [0.05, 0.1) is 5.69 Å². The summed E-state index contributed by atoms with van der Waals surface area (Å²) >= 11 is 0. The Morgan fingerprint density at radius 1 is 1.22 bits per heavy atom. The van der Waals surface area contributed by atoms with Crippen LogP contribution in [0, 0.1) is 11.8 Å². The van der Waals surface area contributed by atoms with Crippen molar-refractivity contribution in [3.63, 3.8) is 0 Å². The minimum atomic E-state index is -0.648. The summed E-state index contributed by atoms with van der Waals surface area (Å²) in [6, 6.07) is 3.01. The minimum absolute atomic E-state index is 0.0367. The molecule has 0 spiro atoms. The van der Waals surface area contributed by atoms with Crippen molar-refractivity contribution in [1.82, 2.24) is 35.1 Å². The van der Waals surface area contributed by atoms with Gasteiger partial charge < -0.3 is 10.3 Å². The van der Waals surface area contributed by atoms with E-state index in [1.54, 1.807) is 31.5 Å². The average Bonchev–Trinajstić information content (AvgIpc) is 3.32. The maximum atomic E-state index is 14.7. The van der Waals surface area contributed by atoms with Crippen LogP contribution in [0.3, 0.4) is 0 Å². The minimum Gasteiger partial charge on any atom is -0.343 e. The molecule has 0 unspecified atom stereocenters. The summed E-state index contributed by atoms with van der Waals surface area (Å²) in [5.74, 6) is -0.724. The van der Waals surface area contributed by atoms with Crippen molar-refractivity contribution in [2.75, 3.05) is 25.0 Å². The summed E-state index contributed by atoms with van der Waals surface area (Å²) in [4.78, 5) is 32.6. The van der Waals surface area contributed by atoms with Crippen LogP contribution in [0.1, 0.15) is 36.9 Å². The molecular weight excluding hydrogens is 418 g/mol. The van der Waals surface area contributed by atoms with Crippen molar-refractivity contribution in [2.45, 2.75) is 32.2 Å². The number of nitrogens with one attached hydrogen (secondary N) is 3. The third-order valence-corrected chi connectivity index (χ3v) is 5.45. The van der Waals surface area contributed by atoms with Crippen LogP contribution in [-0.2, 0) is 6.54 Å². The highest BCUT2D eigenvalue weighted by atomic mass is 19.1. The van der Waals surface area contributed by atoms with Gasteiger partial charge in [0.2, 0.25) is 5.95 Å². The van der Waals surface area contributed by atoms with E-state index in [1.807, 2.05) is 0 Å². The van der Waals surface area contributed by atoms with E-state index in [0.717, 1.165) is 12.8 Å². The van der Waals surface area contributed by atoms with Gasteiger partial charge in [-0.25, -0.2) is 29.1 Å². The SMILES string of the molecule is CCNC(=O)Nc1ncnc(CN2CCC(c3ccc(-c4ncc[nH]4)nc3F)CC2)c1F. The molecule has 1 fully saturated rings. The van der Waals surface area contributed by atoms with Crippen molar-refractivity contribution in [3.05, 3.63) is 53.9 Å². The third kappa shape index (κ3) is 4.88. The Labute approximate surface area is 183 Å². The van der Waals surface area contributed by atoms with E-state index in [-0.39, 0.29) is 24.0 Å². The molecule has 1 aliphatic rings. The molecule has 11 heteroatoms. The number of hydrogen-bond acceptors (Lipinski definition) is 6. The normalized spacial score (nSPS) is 15.0. The molecule has 0 aromatic carbocycles. The Balaban J connectivity index is 1.37. The van der Waals surface area contributed by atoms with Gasteiger partial charge in [0.15, 0.2) is 17.5 Å². The number of nitrogens with zero attached hydrogens (tertiary/aromatic N) is 5. The fourth-order valence-corrected chi connectivity index (χ4v) is 3.82. The number of anilines is 1. The molecular formula is C21H24F2N8O. The smallest absolute Gasteiger partial charge is 0.320 e. The molecule has 3 N–H and O–H groups in total. The molecule has 0 aliphatic carbocycles. The quantitative estimate of drug-likeness (QED) is 0.506. The molecule has 4 rings (SSSR count). The summed E-state index contributed by atoms with van der Waals surface area (Å²) in [5.41, 5.74) is 1.26. The summed E-state index contributed by atoms with van der Waals surface area (Å²) in [7, 11) is 0. The predicted octanol–water partition coefficient (Wildman–Crippen LogP) is 3.06. The summed E-state index contributed by atoms with van der Waals surface area (Å²) in [6.07, 6.45) is 5.93. The van der Waals surface area contributed by atoms with Gasteiger partial charge in [-0.15, -0.1) is 0 Å². The van der Waals surface area contributed by atoms with Gasteiger partial charge in [0.25, 0.3) is 0 Å². The number of imidazole rings is 1. The van der Waals surface area contributed by atoms with Crippen LogP contribution in [0.5, 0.6) is 0 Å². The molecule has 0 radical (unpaired) electrons. The summed E-state index contributed by atoms with van der Waals surface area (Å²) in [5, 5.41) is 4.92. The second-order valence-electron chi connectivity index (χ2n) is 7.53. The highest BCUT2D eigenvalue weighted by Crippen LogP contribution is 2.31. The van der Waals surface area contributed by atoms with Gasteiger partial charge in [0.1, 0.15) is 12.0 Å². The van der Waals surface area contributed by atoms with E-state index in [0.29, 0.717) is 36.7 Å². The Bertz CT molecular complexity index is 1070. The zero-order valence-corrected chi connectivity index (χ0v) is 17.6. The first-order chi connectivity index (χ1) is 15.5. The fourth-order valence-electron chi connectivity index (χ4n) is 3.82. The van der Waals surface area contributed by atoms with E-state index < -0.39 is 17.8 Å². The van der Waals surface area contributed by atoms with E-state index in [4.69, 9.17) is 0 Å². The van der Waals surface area contributed by atoms with E-state index in [2.05, 4.69) is 40.5 Å². The van der Waals surface area contributed by atoms with Crippen LogP contribution in [0.25, 0.3) is 11.5 Å². The van der Waals surface area contributed by atoms with Crippen molar-refractivity contribution >= 4 is 11.8 Å². The number of H-pyrrole nitrogens is 1. The molecule has 0 atom stereocenters. The maximum Gasteiger partial charge on any atom is 0.320 e. The van der Waals surface area contributed by atoms with Gasteiger partial charge in [-0.05, 0) is 44.8 Å². The number of amides is 2. The number of carbonyl (C=O) groups excluding carboxylic acids is 1. The van der Waals surface area contributed by atoms with Crippen LogP contribution < -0.4 is 10.6 Å².